The maximum absolute atomic E-state index is 9.98. The molecule has 110 valence electrons. The number of thiazole rings is 1. The summed E-state index contributed by atoms with van der Waals surface area (Å²) in [7, 11) is 0. The van der Waals surface area contributed by atoms with Gasteiger partial charge in [-0.15, -0.1) is 11.3 Å². The van der Waals surface area contributed by atoms with E-state index in [4.69, 9.17) is 4.98 Å². The normalized spacial score (nSPS) is 23.3. The Labute approximate surface area is 129 Å². The third-order valence-electron chi connectivity index (χ3n) is 4.84. The Balaban J connectivity index is 1.55. The van der Waals surface area contributed by atoms with Gasteiger partial charge in [-0.25, -0.2) is 4.98 Å². The van der Waals surface area contributed by atoms with E-state index in [1.54, 1.807) is 0 Å². The fraction of sp³-hybridized carbons (Fsp3) is 0.471. The Morgan fingerprint density at radius 2 is 2.14 bits per heavy atom. The second-order valence-electron chi connectivity index (χ2n) is 6.08. The van der Waals surface area contributed by atoms with Crippen LogP contribution in [0.25, 0.3) is 0 Å². The average Bonchev–Trinajstić information content (AvgIpc) is 3.18. The summed E-state index contributed by atoms with van der Waals surface area (Å²) in [4.78, 5) is 6.22. The van der Waals surface area contributed by atoms with Crippen LogP contribution in [0.2, 0.25) is 0 Å². The maximum atomic E-state index is 9.98. The van der Waals surface area contributed by atoms with Crippen molar-refractivity contribution in [3.05, 3.63) is 51.0 Å². The number of fused-ring (bicyclic) bond motifs is 2. The van der Waals surface area contributed by atoms with Gasteiger partial charge in [0.1, 0.15) is 5.01 Å². The Morgan fingerprint density at radius 3 is 3.00 bits per heavy atom. The average molecular weight is 300 g/mol. The van der Waals surface area contributed by atoms with E-state index in [2.05, 4.69) is 29.6 Å². The Kier molecular flexibility index (Phi) is 3.32. The highest BCUT2D eigenvalue weighted by molar-refractivity contribution is 7.11. The molecule has 0 bridgehead atoms. The molecule has 3 nitrogen and oxygen atoms in total. The summed E-state index contributed by atoms with van der Waals surface area (Å²) in [6.07, 6.45) is 5.60. The molecule has 1 heterocycles. The van der Waals surface area contributed by atoms with Crippen LogP contribution in [0.15, 0.2) is 24.3 Å². The first-order chi connectivity index (χ1) is 10.3. The number of nitrogens with zero attached hydrogens (tertiary/aromatic N) is 1. The molecule has 1 atom stereocenters. The molecule has 2 aromatic rings. The zero-order chi connectivity index (χ0) is 14.3. The third kappa shape index (κ3) is 2.22. The molecular weight excluding hydrogens is 280 g/mol. The van der Waals surface area contributed by atoms with Crippen LogP contribution in [0.4, 0.5) is 0 Å². The highest BCUT2D eigenvalue weighted by Crippen LogP contribution is 2.37. The minimum atomic E-state index is -0.285. The molecule has 0 radical (unpaired) electrons. The van der Waals surface area contributed by atoms with Gasteiger partial charge in [0.2, 0.25) is 0 Å². The quantitative estimate of drug-likeness (QED) is 0.912. The fourth-order valence-corrected chi connectivity index (χ4v) is 4.75. The number of aliphatic hydroxyl groups is 1. The van der Waals surface area contributed by atoms with Gasteiger partial charge in [-0.2, -0.15) is 0 Å². The first-order valence-electron chi connectivity index (χ1n) is 7.72. The minimum Gasteiger partial charge on any atom is -0.394 e. The monoisotopic (exact) mass is 300 g/mol. The molecular formula is C17H20N2OS. The number of aryl methyl sites for hydroxylation is 3. The van der Waals surface area contributed by atoms with Crippen LogP contribution in [0.5, 0.6) is 0 Å². The van der Waals surface area contributed by atoms with Crippen LogP contribution in [-0.4, -0.2) is 16.7 Å². The van der Waals surface area contributed by atoms with E-state index in [1.807, 2.05) is 11.3 Å². The number of rotatable bonds is 4. The molecule has 21 heavy (non-hydrogen) atoms. The summed E-state index contributed by atoms with van der Waals surface area (Å²) in [6.45, 7) is 0.904. The molecule has 0 saturated carbocycles. The fourth-order valence-electron chi connectivity index (χ4n) is 3.66. The van der Waals surface area contributed by atoms with Crippen molar-refractivity contribution < 1.29 is 5.11 Å². The summed E-state index contributed by atoms with van der Waals surface area (Å²) in [6, 6.07) is 8.46. The number of aliphatic hydroxyl groups excluding tert-OH is 1. The summed E-state index contributed by atoms with van der Waals surface area (Å²) in [5.74, 6) is 0. The van der Waals surface area contributed by atoms with Gasteiger partial charge < -0.3 is 5.11 Å². The predicted molar refractivity (Wildman–Crippen MR) is 84.5 cm³/mol. The van der Waals surface area contributed by atoms with Gasteiger partial charge in [0.25, 0.3) is 0 Å². The van der Waals surface area contributed by atoms with Crippen molar-refractivity contribution in [3.8, 4) is 0 Å². The molecule has 0 saturated heterocycles. The maximum Gasteiger partial charge on any atom is 0.107 e. The lowest BCUT2D eigenvalue weighted by Gasteiger charge is -2.29. The Bertz CT molecular complexity index is 645. The summed E-state index contributed by atoms with van der Waals surface area (Å²) < 4.78 is 0. The van der Waals surface area contributed by atoms with Crippen molar-refractivity contribution >= 4 is 11.3 Å². The van der Waals surface area contributed by atoms with Crippen molar-refractivity contribution in [1.82, 2.24) is 10.3 Å². The number of benzene rings is 1. The Hall–Kier alpha value is -1.23. The van der Waals surface area contributed by atoms with Crippen LogP contribution in [-0.2, 0) is 31.3 Å². The van der Waals surface area contributed by atoms with E-state index in [0.29, 0.717) is 0 Å². The standard InChI is InChI=1S/C17H20N2OS/c20-11-17(9-8-12-4-1-2-5-13(12)17)18-10-16-19-14-6-3-7-15(14)21-16/h1-2,4-5,18,20H,3,6-11H2. The zero-order valence-corrected chi connectivity index (χ0v) is 12.9. The third-order valence-corrected chi connectivity index (χ3v) is 6.00. The van der Waals surface area contributed by atoms with Crippen LogP contribution in [0.1, 0.15) is 39.5 Å². The largest absolute Gasteiger partial charge is 0.394 e. The number of aromatic nitrogens is 1. The van der Waals surface area contributed by atoms with Gasteiger partial charge in [-0.3, -0.25) is 5.32 Å². The van der Waals surface area contributed by atoms with Gasteiger partial charge in [-0.05, 0) is 43.2 Å². The predicted octanol–water partition coefficient (Wildman–Crippen LogP) is 2.56. The lowest BCUT2D eigenvalue weighted by molar-refractivity contribution is 0.159. The first kappa shape index (κ1) is 13.4. The minimum absolute atomic E-state index is 0.148. The Morgan fingerprint density at radius 1 is 1.24 bits per heavy atom. The van der Waals surface area contributed by atoms with E-state index in [9.17, 15) is 5.11 Å². The smallest absolute Gasteiger partial charge is 0.107 e. The van der Waals surface area contributed by atoms with E-state index >= 15 is 0 Å². The van der Waals surface area contributed by atoms with Gasteiger partial charge in [0, 0.05) is 11.4 Å². The van der Waals surface area contributed by atoms with E-state index in [0.717, 1.165) is 30.8 Å². The van der Waals surface area contributed by atoms with Gasteiger partial charge >= 0.3 is 0 Å². The number of nitrogens with one attached hydrogen (secondary N) is 1. The topological polar surface area (TPSA) is 45.1 Å². The molecule has 0 aliphatic heterocycles. The molecule has 2 aliphatic rings. The number of hydrogen-bond donors (Lipinski definition) is 2. The SMILES string of the molecule is OCC1(NCc2nc3c(s2)CCC3)CCc2ccccc21. The zero-order valence-electron chi connectivity index (χ0n) is 12.1. The molecule has 2 N–H and O–H groups in total. The highest BCUT2D eigenvalue weighted by atomic mass is 32.1. The lowest BCUT2D eigenvalue weighted by atomic mass is 9.93. The summed E-state index contributed by atoms with van der Waals surface area (Å²) in [5.41, 5.74) is 3.64. The lowest BCUT2D eigenvalue weighted by Crippen LogP contribution is -2.43. The van der Waals surface area contributed by atoms with Crippen molar-refractivity contribution in [2.24, 2.45) is 0 Å². The van der Waals surface area contributed by atoms with E-state index in [-0.39, 0.29) is 12.1 Å². The molecule has 4 rings (SSSR count). The molecule has 0 fully saturated rings. The molecule has 0 amide bonds. The summed E-state index contributed by atoms with van der Waals surface area (Å²) >= 11 is 1.84. The molecule has 1 aromatic carbocycles. The van der Waals surface area contributed by atoms with E-state index in [1.165, 1.54) is 34.5 Å². The van der Waals surface area contributed by atoms with Gasteiger partial charge in [0.05, 0.1) is 17.8 Å². The van der Waals surface area contributed by atoms with Crippen molar-refractivity contribution in [3.63, 3.8) is 0 Å². The van der Waals surface area contributed by atoms with E-state index < -0.39 is 0 Å². The van der Waals surface area contributed by atoms with Crippen LogP contribution in [0, 0.1) is 0 Å². The highest BCUT2D eigenvalue weighted by Gasteiger charge is 2.37. The second kappa shape index (κ2) is 5.20. The summed E-state index contributed by atoms with van der Waals surface area (Å²) in [5, 5.41) is 14.7. The molecule has 0 spiro atoms. The van der Waals surface area contributed by atoms with Crippen LogP contribution in [0.3, 0.4) is 0 Å². The second-order valence-corrected chi connectivity index (χ2v) is 7.25. The van der Waals surface area contributed by atoms with Crippen molar-refractivity contribution in [1.29, 1.82) is 0 Å². The van der Waals surface area contributed by atoms with Crippen molar-refractivity contribution in [2.45, 2.75) is 44.2 Å². The number of hydrogen-bond acceptors (Lipinski definition) is 4. The first-order valence-corrected chi connectivity index (χ1v) is 8.54. The van der Waals surface area contributed by atoms with Gasteiger partial charge in [0.15, 0.2) is 0 Å². The van der Waals surface area contributed by atoms with Crippen molar-refractivity contribution in [2.75, 3.05) is 6.61 Å². The molecule has 1 aromatic heterocycles. The van der Waals surface area contributed by atoms with Crippen LogP contribution >= 0.6 is 11.3 Å². The molecule has 4 heteroatoms. The van der Waals surface area contributed by atoms with Crippen LogP contribution < -0.4 is 5.32 Å². The molecule has 2 aliphatic carbocycles. The van der Waals surface area contributed by atoms with Gasteiger partial charge in [-0.1, -0.05) is 24.3 Å². The molecule has 1 unspecified atom stereocenters.